The monoisotopic (exact) mass is 287 g/mol. The Labute approximate surface area is 115 Å². The fourth-order valence-corrected chi connectivity index (χ4v) is 2.38. The van der Waals surface area contributed by atoms with E-state index in [1.807, 2.05) is 24.3 Å². The van der Waals surface area contributed by atoms with Gasteiger partial charge in [0, 0.05) is 6.54 Å². The molecule has 1 fully saturated rings. The summed E-state index contributed by atoms with van der Waals surface area (Å²) in [6, 6.07) is 7.77. The van der Waals surface area contributed by atoms with Crippen LogP contribution in [0.1, 0.15) is 5.56 Å². The molecule has 98 valence electrons. The van der Waals surface area contributed by atoms with Gasteiger partial charge in [-0.25, -0.2) is 5.43 Å². The highest BCUT2D eigenvalue weighted by atomic mass is 35.5. The Bertz CT molecular complexity index is 422. The van der Waals surface area contributed by atoms with Crippen molar-refractivity contribution in [1.82, 2.24) is 4.90 Å². The largest absolute Gasteiger partial charge is 1.00 e. The van der Waals surface area contributed by atoms with Gasteiger partial charge < -0.3 is 12.4 Å². The Balaban J connectivity index is 0.00000162. The minimum absolute atomic E-state index is 0. The molecule has 1 saturated heterocycles. The first-order valence-electron chi connectivity index (χ1n) is 5.30. The van der Waals surface area contributed by atoms with Crippen LogP contribution in [0.5, 0.6) is 0 Å². The minimum Gasteiger partial charge on any atom is -1.00 e. The fraction of sp³-hybridized carbons (Fsp3) is 0.273. The molecule has 0 radical (unpaired) electrons. The molecule has 1 aliphatic heterocycles. The van der Waals surface area contributed by atoms with E-state index < -0.39 is 0 Å². The zero-order chi connectivity index (χ0) is 12.3. The number of nitrogens with zero attached hydrogens (tertiary/aromatic N) is 1. The van der Waals surface area contributed by atoms with Crippen molar-refractivity contribution in [3.8, 4) is 0 Å². The maximum Gasteiger partial charge on any atom is 0.288 e. The zero-order valence-electron chi connectivity index (χ0n) is 9.69. The average molecular weight is 288 g/mol. The van der Waals surface area contributed by atoms with E-state index in [4.69, 9.17) is 0 Å². The lowest BCUT2D eigenvalue weighted by Gasteiger charge is -2.12. The molecule has 2 amide bonds. The van der Waals surface area contributed by atoms with Crippen LogP contribution in [0, 0.1) is 0 Å². The van der Waals surface area contributed by atoms with E-state index in [1.54, 1.807) is 0 Å². The van der Waals surface area contributed by atoms with E-state index in [1.165, 1.54) is 4.90 Å². The van der Waals surface area contributed by atoms with Gasteiger partial charge in [0.2, 0.25) is 5.91 Å². The quantitative estimate of drug-likeness (QED) is 0.600. The maximum absolute atomic E-state index is 11.4. The molecule has 5 nitrogen and oxygen atoms in total. The van der Waals surface area contributed by atoms with E-state index >= 15 is 0 Å². The van der Waals surface area contributed by atoms with E-state index in [0.29, 0.717) is 13.0 Å². The molecule has 2 rings (SSSR count). The maximum atomic E-state index is 11.4. The third kappa shape index (κ3) is 3.38. The fourth-order valence-electron chi connectivity index (χ4n) is 1.63. The lowest BCUT2D eigenvalue weighted by atomic mass is 10.1. The van der Waals surface area contributed by atoms with Crippen molar-refractivity contribution in [3.05, 3.63) is 29.8 Å². The second-order valence-corrected chi connectivity index (χ2v) is 4.65. The molecular formula is C11H14ClN3O2S. The first-order chi connectivity index (χ1) is 8.20. The molecule has 1 aliphatic rings. The number of halogens is 1. The third-order valence-electron chi connectivity index (χ3n) is 2.62. The van der Waals surface area contributed by atoms with Crippen LogP contribution in [-0.4, -0.2) is 28.3 Å². The topological polar surface area (TPSA) is 77.1 Å². The second kappa shape index (κ2) is 6.63. The Morgan fingerprint density at radius 1 is 1.28 bits per heavy atom. The number of imide groups is 1. The highest BCUT2D eigenvalue weighted by molar-refractivity contribution is 8.14. The van der Waals surface area contributed by atoms with Gasteiger partial charge in [0.05, 0.1) is 11.4 Å². The van der Waals surface area contributed by atoms with Crippen molar-refractivity contribution in [2.75, 3.05) is 17.7 Å². The van der Waals surface area contributed by atoms with Crippen LogP contribution in [0.3, 0.4) is 0 Å². The molecule has 0 bridgehead atoms. The first kappa shape index (κ1) is 14.8. The Morgan fingerprint density at radius 2 is 1.94 bits per heavy atom. The van der Waals surface area contributed by atoms with Gasteiger partial charge in [-0.3, -0.25) is 20.3 Å². The van der Waals surface area contributed by atoms with Crippen molar-refractivity contribution >= 4 is 28.6 Å². The van der Waals surface area contributed by atoms with Gasteiger partial charge in [0.25, 0.3) is 5.24 Å². The third-order valence-corrected chi connectivity index (χ3v) is 3.48. The van der Waals surface area contributed by atoms with Gasteiger partial charge in [0.15, 0.2) is 0 Å². The standard InChI is InChI=1S/C11H13N3O2S.ClH/c12-13-9-3-1-8(2-4-9)5-6-14-10(15)7-17-11(14)16;/h1-4,13H,5-7,12H2;1H. The number of carbonyl (C=O) groups is 2. The van der Waals surface area contributed by atoms with E-state index in [-0.39, 0.29) is 29.3 Å². The predicted octanol–water partition coefficient (Wildman–Crippen LogP) is -2.50. The number of benzene rings is 1. The van der Waals surface area contributed by atoms with Crippen LogP contribution < -0.4 is 23.7 Å². The van der Waals surface area contributed by atoms with Crippen LogP contribution in [0.2, 0.25) is 0 Å². The highest BCUT2D eigenvalue weighted by Crippen LogP contribution is 2.19. The van der Waals surface area contributed by atoms with E-state index in [9.17, 15) is 9.59 Å². The molecular weight excluding hydrogens is 274 g/mol. The van der Waals surface area contributed by atoms with Crippen molar-refractivity contribution < 1.29 is 27.8 Å². The first-order valence-corrected chi connectivity index (χ1v) is 6.28. The number of anilines is 1. The summed E-state index contributed by atoms with van der Waals surface area (Å²) in [7, 11) is 0. The smallest absolute Gasteiger partial charge is 0.288 e. The van der Waals surface area contributed by atoms with Crippen LogP contribution in [-0.2, 0) is 11.2 Å². The molecule has 7 heteroatoms. The summed E-state index contributed by atoms with van der Waals surface area (Å²) in [6.45, 7) is 0.460. The Morgan fingerprint density at radius 3 is 2.44 bits per heavy atom. The lowest BCUT2D eigenvalue weighted by molar-refractivity contribution is -0.325. The van der Waals surface area contributed by atoms with Crippen LogP contribution in [0.25, 0.3) is 0 Å². The van der Waals surface area contributed by atoms with Crippen LogP contribution in [0.4, 0.5) is 10.5 Å². The predicted molar refractivity (Wildman–Crippen MR) is 66.2 cm³/mol. The number of carbonyl (C=O) groups excluding carboxylic acids is 2. The van der Waals surface area contributed by atoms with Crippen molar-refractivity contribution in [2.45, 2.75) is 6.42 Å². The van der Waals surface area contributed by atoms with Crippen molar-refractivity contribution in [2.24, 2.45) is 0 Å². The van der Waals surface area contributed by atoms with Gasteiger partial charge in [-0.2, -0.15) is 0 Å². The zero-order valence-corrected chi connectivity index (χ0v) is 11.3. The molecule has 0 spiro atoms. The average Bonchev–Trinajstić information content (AvgIpc) is 2.67. The SMILES string of the molecule is [Cl-].[NH3+]Nc1ccc(CCN2C(=O)CSC2=O)cc1. The van der Waals surface area contributed by atoms with E-state index in [0.717, 1.165) is 23.0 Å². The molecule has 18 heavy (non-hydrogen) atoms. The highest BCUT2D eigenvalue weighted by Gasteiger charge is 2.29. The number of thioether (sulfide) groups is 1. The number of amides is 2. The Hall–Kier alpha value is -1.24. The summed E-state index contributed by atoms with van der Waals surface area (Å²) in [6.07, 6.45) is 0.690. The molecule has 0 aliphatic carbocycles. The number of rotatable bonds is 4. The van der Waals surface area contributed by atoms with Gasteiger partial charge in [0.1, 0.15) is 0 Å². The van der Waals surface area contributed by atoms with Crippen LogP contribution >= 0.6 is 11.8 Å². The number of nitrogens with one attached hydrogen (secondary N) is 1. The van der Waals surface area contributed by atoms with Gasteiger partial charge >= 0.3 is 0 Å². The van der Waals surface area contributed by atoms with Gasteiger partial charge in [-0.1, -0.05) is 23.9 Å². The molecule has 0 atom stereocenters. The van der Waals surface area contributed by atoms with Gasteiger partial charge in [-0.15, -0.1) is 0 Å². The van der Waals surface area contributed by atoms with Crippen molar-refractivity contribution in [3.63, 3.8) is 0 Å². The normalized spacial score (nSPS) is 14.6. The molecule has 1 aromatic rings. The number of hydrogen-bond acceptors (Lipinski definition) is 4. The molecule has 1 aromatic carbocycles. The summed E-state index contributed by atoms with van der Waals surface area (Å²) in [5, 5.41) is -0.133. The molecule has 0 saturated carbocycles. The molecule has 4 N–H and O–H groups in total. The number of quaternary nitrogens is 1. The van der Waals surface area contributed by atoms with E-state index in [2.05, 4.69) is 11.3 Å². The lowest BCUT2D eigenvalue weighted by Crippen LogP contribution is -3.00. The van der Waals surface area contributed by atoms with Gasteiger partial charge in [-0.05, 0) is 24.1 Å². The summed E-state index contributed by atoms with van der Waals surface area (Å²) in [5.74, 6) is 3.76. The second-order valence-electron chi connectivity index (χ2n) is 3.72. The molecule has 0 aromatic heterocycles. The minimum atomic E-state index is -0.133. The summed E-state index contributed by atoms with van der Waals surface area (Å²) < 4.78 is 0. The summed E-state index contributed by atoms with van der Waals surface area (Å²) in [4.78, 5) is 24.0. The summed E-state index contributed by atoms with van der Waals surface area (Å²) in [5.41, 5.74) is 4.83. The number of hydrogen-bond donors (Lipinski definition) is 2. The van der Waals surface area contributed by atoms with Crippen molar-refractivity contribution in [1.29, 1.82) is 0 Å². The molecule has 1 heterocycles. The Kier molecular flexibility index (Phi) is 5.46. The van der Waals surface area contributed by atoms with Crippen LogP contribution in [0.15, 0.2) is 24.3 Å². The summed E-state index contributed by atoms with van der Waals surface area (Å²) >= 11 is 1.07. The molecule has 0 unspecified atom stereocenters.